The molecule has 0 fully saturated rings. The van der Waals surface area contributed by atoms with E-state index >= 15 is 0 Å². The molecule has 2 rings (SSSR count). The molecule has 0 heterocycles. The summed E-state index contributed by atoms with van der Waals surface area (Å²) < 4.78 is 40.5. The van der Waals surface area contributed by atoms with Gasteiger partial charge in [-0.25, -0.2) is 13.2 Å². The molecule has 0 saturated heterocycles. The average Bonchev–Trinajstić information content (AvgIpc) is 2.39. The van der Waals surface area contributed by atoms with Gasteiger partial charge >= 0.3 is 0 Å². The molecule has 106 valence electrons. The van der Waals surface area contributed by atoms with Gasteiger partial charge in [0.2, 0.25) is 0 Å². The molecule has 1 unspecified atom stereocenters. The van der Waals surface area contributed by atoms with Crippen molar-refractivity contribution in [3.8, 4) is 0 Å². The molecule has 1 N–H and O–H groups in total. The van der Waals surface area contributed by atoms with Gasteiger partial charge in [0.1, 0.15) is 17.5 Å². The van der Waals surface area contributed by atoms with Gasteiger partial charge in [0, 0.05) is 6.42 Å². The van der Waals surface area contributed by atoms with E-state index in [4.69, 9.17) is 11.6 Å². The summed E-state index contributed by atoms with van der Waals surface area (Å²) in [5.74, 6) is -2.17. The van der Waals surface area contributed by atoms with Crippen LogP contribution in [0.2, 0.25) is 5.02 Å². The van der Waals surface area contributed by atoms with E-state index in [1.807, 2.05) is 0 Å². The van der Waals surface area contributed by atoms with E-state index in [-0.39, 0.29) is 22.6 Å². The highest BCUT2D eigenvalue weighted by Crippen LogP contribution is 2.27. The van der Waals surface area contributed by atoms with Gasteiger partial charge in [-0.1, -0.05) is 23.7 Å². The van der Waals surface area contributed by atoms with Crippen molar-refractivity contribution in [2.24, 2.45) is 0 Å². The Labute approximate surface area is 119 Å². The molecule has 0 aliphatic carbocycles. The van der Waals surface area contributed by atoms with Crippen molar-refractivity contribution in [2.45, 2.75) is 19.4 Å². The lowest BCUT2D eigenvalue weighted by molar-refractivity contribution is 0.168. The monoisotopic (exact) mass is 300 g/mol. The van der Waals surface area contributed by atoms with E-state index in [0.29, 0.717) is 5.56 Å². The minimum absolute atomic E-state index is 0.0582. The molecule has 0 aromatic heterocycles. The Bertz CT molecular complexity index is 643. The van der Waals surface area contributed by atoms with Gasteiger partial charge < -0.3 is 5.11 Å². The first kappa shape index (κ1) is 14.9. The van der Waals surface area contributed by atoms with Gasteiger partial charge in [-0.05, 0) is 36.2 Å². The first-order valence-corrected chi connectivity index (χ1v) is 6.34. The smallest absolute Gasteiger partial charge is 0.141 e. The molecular formula is C15H12ClF3O. The Morgan fingerprint density at radius 3 is 2.40 bits per heavy atom. The third-order valence-electron chi connectivity index (χ3n) is 3.07. The van der Waals surface area contributed by atoms with Crippen LogP contribution < -0.4 is 0 Å². The zero-order valence-corrected chi connectivity index (χ0v) is 11.4. The standard InChI is InChI=1S/C15H12ClF3O/c1-8-2-4-12(18)14(15(8)19)13(20)7-9-3-5-11(17)10(16)6-9/h2-6,13,20H,7H2,1H3. The second-order valence-corrected chi connectivity index (χ2v) is 4.97. The highest BCUT2D eigenvalue weighted by Gasteiger charge is 2.20. The average molecular weight is 301 g/mol. The first-order chi connectivity index (χ1) is 9.40. The van der Waals surface area contributed by atoms with Crippen molar-refractivity contribution < 1.29 is 18.3 Å². The third-order valence-corrected chi connectivity index (χ3v) is 3.36. The summed E-state index contributed by atoms with van der Waals surface area (Å²) in [6.07, 6.45) is -1.42. The van der Waals surface area contributed by atoms with Gasteiger partial charge in [0.25, 0.3) is 0 Å². The third kappa shape index (κ3) is 2.97. The number of aryl methyl sites for hydroxylation is 1. The summed E-state index contributed by atoms with van der Waals surface area (Å²) in [4.78, 5) is 0. The molecule has 2 aromatic rings. The van der Waals surface area contributed by atoms with Crippen LogP contribution in [0.3, 0.4) is 0 Å². The van der Waals surface area contributed by atoms with Gasteiger partial charge in [0.15, 0.2) is 0 Å². The summed E-state index contributed by atoms with van der Waals surface area (Å²) >= 11 is 5.63. The number of rotatable bonds is 3. The minimum Gasteiger partial charge on any atom is -0.388 e. The maximum atomic E-state index is 13.9. The maximum absolute atomic E-state index is 13.9. The van der Waals surface area contributed by atoms with Crippen LogP contribution >= 0.6 is 11.6 Å². The van der Waals surface area contributed by atoms with Crippen LogP contribution in [0.4, 0.5) is 13.2 Å². The fraction of sp³-hybridized carbons (Fsp3) is 0.200. The highest BCUT2D eigenvalue weighted by atomic mass is 35.5. The Morgan fingerprint density at radius 1 is 1.10 bits per heavy atom. The molecule has 0 radical (unpaired) electrons. The molecule has 20 heavy (non-hydrogen) atoms. The zero-order valence-electron chi connectivity index (χ0n) is 10.6. The highest BCUT2D eigenvalue weighted by molar-refractivity contribution is 6.30. The molecule has 0 amide bonds. The summed E-state index contributed by atoms with van der Waals surface area (Å²) in [6, 6.07) is 6.29. The number of benzene rings is 2. The van der Waals surface area contributed by atoms with E-state index in [1.165, 1.54) is 25.1 Å². The van der Waals surface area contributed by atoms with Gasteiger partial charge in [0.05, 0.1) is 16.7 Å². The fourth-order valence-corrected chi connectivity index (χ4v) is 2.18. The topological polar surface area (TPSA) is 20.2 Å². The van der Waals surface area contributed by atoms with Gasteiger partial charge in [-0.2, -0.15) is 0 Å². The largest absolute Gasteiger partial charge is 0.388 e. The molecule has 0 aliphatic rings. The number of halogens is 4. The van der Waals surface area contributed by atoms with Gasteiger partial charge in [-0.15, -0.1) is 0 Å². The van der Waals surface area contributed by atoms with E-state index < -0.39 is 23.6 Å². The summed E-state index contributed by atoms with van der Waals surface area (Å²) in [5.41, 5.74) is 0.354. The van der Waals surface area contributed by atoms with Crippen molar-refractivity contribution in [3.63, 3.8) is 0 Å². The Kier molecular flexibility index (Phi) is 4.35. The quantitative estimate of drug-likeness (QED) is 0.894. The molecular weight excluding hydrogens is 289 g/mol. The summed E-state index contributed by atoms with van der Waals surface area (Å²) in [5, 5.41) is 9.91. The van der Waals surface area contributed by atoms with Gasteiger partial charge in [-0.3, -0.25) is 0 Å². The molecule has 2 aromatic carbocycles. The second kappa shape index (κ2) is 5.85. The second-order valence-electron chi connectivity index (χ2n) is 4.56. The van der Waals surface area contributed by atoms with Crippen molar-refractivity contribution >= 4 is 11.6 Å². The molecule has 5 heteroatoms. The first-order valence-electron chi connectivity index (χ1n) is 5.96. The van der Waals surface area contributed by atoms with Crippen molar-refractivity contribution in [1.82, 2.24) is 0 Å². The van der Waals surface area contributed by atoms with Crippen LogP contribution in [0.25, 0.3) is 0 Å². The molecule has 0 bridgehead atoms. The Morgan fingerprint density at radius 2 is 1.75 bits per heavy atom. The number of aliphatic hydroxyl groups excluding tert-OH is 1. The Hall–Kier alpha value is -1.52. The minimum atomic E-state index is -1.36. The van der Waals surface area contributed by atoms with Crippen LogP contribution in [0.1, 0.15) is 22.8 Å². The van der Waals surface area contributed by atoms with Crippen LogP contribution in [-0.2, 0) is 6.42 Å². The lowest BCUT2D eigenvalue weighted by Gasteiger charge is -2.14. The van der Waals surface area contributed by atoms with E-state index in [2.05, 4.69) is 0 Å². The lowest BCUT2D eigenvalue weighted by atomic mass is 9.98. The van der Waals surface area contributed by atoms with Crippen molar-refractivity contribution in [1.29, 1.82) is 0 Å². The van der Waals surface area contributed by atoms with Crippen LogP contribution in [0.15, 0.2) is 30.3 Å². The molecule has 1 atom stereocenters. The zero-order chi connectivity index (χ0) is 14.9. The van der Waals surface area contributed by atoms with Crippen LogP contribution in [0.5, 0.6) is 0 Å². The van der Waals surface area contributed by atoms with E-state index in [0.717, 1.165) is 12.1 Å². The fourth-order valence-electron chi connectivity index (χ4n) is 1.98. The van der Waals surface area contributed by atoms with E-state index in [1.54, 1.807) is 0 Å². The van der Waals surface area contributed by atoms with Crippen molar-refractivity contribution in [3.05, 3.63) is 69.5 Å². The molecule has 0 spiro atoms. The number of hydrogen-bond acceptors (Lipinski definition) is 1. The summed E-state index contributed by atoms with van der Waals surface area (Å²) in [6.45, 7) is 1.49. The van der Waals surface area contributed by atoms with Crippen LogP contribution in [0, 0.1) is 24.4 Å². The SMILES string of the molecule is Cc1ccc(F)c(C(O)Cc2ccc(F)c(Cl)c2)c1F. The molecule has 1 nitrogen and oxygen atoms in total. The number of hydrogen-bond donors (Lipinski definition) is 1. The normalized spacial score (nSPS) is 12.5. The van der Waals surface area contributed by atoms with E-state index in [9.17, 15) is 18.3 Å². The van der Waals surface area contributed by atoms with Crippen LogP contribution in [-0.4, -0.2) is 5.11 Å². The predicted molar refractivity (Wildman–Crippen MR) is 71.2 cm³/mol. The Balaban J connectivity index is 2.30. The van der Waals surface area contributed by atoms with Crippen molar-refractivity contribution in [2.75, 3.05) is 0 Å². The maximum Gasteiger partial charge on any atom is 0.141 e. The predicted octanol–water partition coefficient (Wildman–Crippen LogP) is 4.34. The lowest BCUT2D eigenvalue weighted by Crippen LogP contribution is -2.08. The molecule has 0 aliphatic heterocycles. The number of aliphatic hydroxyl groups is 1. The molecule has 0 saturated carbocycles. The summed E-state index contributed by atoms with van der Waals surface area (Å²) in [7, 11) is 0.